The van der Waals surface area contributed by atoms with Gasteiger partial charge in [-0.25, -0.2) is 0 Å². The predicted octanol–water partition coefficient (Wildman–Crippen LogP) is 2.77. The molecule has 26 heavy (non-hydrogen) atoms. The SMILES string of the molecule is COc1cccc2c1OC[C@@H](C(=O)NCC1(N3CCCC3)CCCC1)C2. The molecule has 1 N–H and O–H groups in total. The standard InChI is InChI=1S/C21H30N2O3/c1-25-18-8-6-7-16-13-17(14-26-19(16)18)20(24)22-15-21(9-2-3-10-21)23-11-4-5-12-23/h6-8,17H,2-5,9-15H2,1H3,(H,22,24)/t17-/m0/s1. The number of para-hydroxylation sites is 1. The van der Waals surface area contributed by atoms with Gasteiger partial charge in [0, 0.05) is 12.1 Å². The molecule has 2 aliphatic heterocycles. The molecule has 1 atom stereocenters. The maximum atomic E-state index is 12.8. The number of rotatable bonds is 5. The van der Waals surface area contributed by atoms with Crippen molar-refractivity contribution < 1.29 is 14.3 Å². The van der Waals surface area contributed by atoms with Crippen LogP contribution in [0.25, 0.3) is 0 Å². The van der Waals surface area contributed by atoms with E-state index in [2.05, 4.69) is 10.2 Å². The normalized spacial score (nSPS) is 24.7. The van der Waals surface area contributed by atoms with Gasteiger partial charge in [0.1, 0.15) is 6.61 Å². The number of benzene rings is 1. The lowest BCUT2D eigenvalue weighted by Crippen LogP contribution is -2.54. The number of nitrogens with one attached hydrogen (secondary N) is 1. The topological polar surface area (TPSA) is 50.8 Å². The van der Waals surface area contributed by atoms with Gasteiger partial charge >= 0.3 is 0 Å². The minimum atomic E-state index is -0.119. The smallest absolute Gasteiger partial charge is 0.226 e. The van der Waals surface area contributed by atoms with Gasteiger partial charge < -0.3 is 14.8 Å². The van der Waals surface area contributed by atoms with Gasteiger partial charge in [-0.2, -0.15) is 0 Å². The summed E-state index contributed by atoms with van der Waals surface area (Å²) in [7, 11) is 1.65. The minimum absolute atomic E-state index is 0.119. The Kier molecular flexibility index (Phi) is 5.07. The molecule has 2 fully saturated rings. The number of carbonyl (C=O) groups excluding carboxylic acids is 1. The number of likely N-dealkylation sites (tertiary alicyclic amines) is 1. The molecule has 0 spiro atoms. The summed E-state index contributed by atoms with van der Waals surface area (Å²) >= 11 is 0. The van der Waals surface area contributed by atoms with Crippen LogP contribution in [-0.4, -0.2) is 49.7 Å². The molecular weight excluding hydrogens is 328 g/mol. The van der Waals surface area contributed by atoms with Gasteiger partial charge in [0.05, 0.1) is 13.0 Å². The number of hydrogen-bond acceptors (Lipinski definition) is 4. The number of nitrogens with zero attached hydrogens (tertiary/aromatic N) is 1. The zero-order valence-electron chi connectivity index (χ0n) is 15.8. The highest BCUT2D eigenvalue weighted by molar-refractivity contribution is 5.79. The van der Waals surface area contributed by atoms with Crippen LogP contribution in [0.5, 0.6) is 11.5 Å². The first kappa shape index (κ1) is 17.7. The van der Waals surface area contributed by atoms with Gasteiger partial charge in [-0.1, -0.05) is 25.0 Å². The summed E-state index contributed by atoms with van der Waals surface area (Å²) in [6.07, 6.45) is 8.31. The lowest BCUT2D eigenvalue weighted by Gasteiger charge is -2.39. The van der Waals surface area contributed by atoms with Gasteiger partial charge in [0.25, 0.3) is 0 Å². The molecule has 1 aromatic carbocycles. The predicted molar refractivity (Wildman–Crippen MR) is 101 cm³/mol. The second-order valence-electron chi connectivity index (χ2n) is 8.00. The van der Waals surface area contributed by atoms with Gasteiger partial charge in [0.2, 0.25) is 5.91 Å². The Bertz CT molecular complexity index is 649. The van der Waals surface area contributed by atoms with Crippen molar-refractivity contribution in [3.05, 3.63) is 23.8 Å². The summed E-state index contributed by atoms with van der Waals surface area (Å²) in [4.78, 5) is 15.5. The van der Waals surface area contributed by atoms with Crippen LogP contribution in [0.4, 0.5) is 0 Å². The van der Waals surface area contributed by atoms with Gasteiger partial charge in [-0.15, -0.1) is 0 Å². The van der Waals surface area contributed by atoms with Crippen LogP contribution in [0.15, 0.2) is 18.2 Å². The van der Waals surface area contributed by atoms with E-state index in [1.165, 1.54) is 51.6 Å². The molecule has 1 saturated carbocycles. The fraction of sp³-hybridized carbons (Fsp3) is 0.667. The van der Waals surface area contributed by atoms with Crippen molar-refractivity contribution in [3.63, 3.8) is 0 Å². The van der Waals surface area contributed by atoms with Crippen molar-refractivity contribution in [2.75, 3.05) is 33.4 Å². The highest BCUT2D eigenvalue weighted by Crippen LogP contribution is 2.38. The Balaban J connectivity index is 1.39. The molecule has 1 aromatic rings. The molecule has 1 amide bonds. The van der Waals surface area contributed by atoms with E-state index in [0.717, 1.165) is 30.0 Å². The Hall–Kier alpha value is -1.75. The maximum absolute atomic E-state index is 12.8. The Labute approximate surface area is 156 Å². The number of ether oxygens (including phenoxy) is 2. The molecule has 0 bridgehead atoms. The molecule has 1 saturated heterocycles. The van der Waals surface area contributed by atoms with E-state index in [-0.39, 0.29) is 17.4 Å². The first-order chi connectivity index (χ1) is 12.7. The molecule has 0 radical (unpaired) electrons. The quantitative estimate of drug-likeness (QED) is 0.879. The fourth-order valence-electron chi connectivity index (χ4n) is 4.95. The molecule has 0 aromatic heterocycles. The fourth-order valence-corrected chi connectivity index (χ4v) is 4.95. The van der Waals surface area contributed by atoms with E-state index in [9.17, 15) is 4.79 Å². The van der Waals surface area contributed by atoms with Crippen molar-refractivity contribution in [1.29, 1.82) is 0 Å². The number of hydrogen-bond donors (Lipinski definition) is 1. The highest BCUT2D eigenvalue weighted by Gasteiger charge is 2.41. The van der Waals surface area contributed by atoms with Crippen molar-refractivity contribution >= 4 is 5.91 Å². The van der Waals surface area contributed by atoms with Crippen LogP contribution in [0, 0.1) is 5.92 Å². The molecular formula is C21H30N2O3. The van der Waals surface area contributed by atoms with Crippen LogP contribution in [-0.2, 0) is 11.2 Å². The molecule has 5 heteroatoms. The summed E-state index contributed by atoms with van der Waals surface area (Å²) in [6.45, 7) is 3.59. The summed E-state index contributed by atoms with van der Waals surface area (Å²) in [5, 5.41) is 3.28. The molecule has 1 aliphatic carbocycles. The van der Waals surface area contributed by atoms with Crippen LogP contribution >= 0.6 is 0 Å². The molecule has 2 heterocycles. The first-order valence-corrected chi connectivity index (χ1v) is 10.0. The summed E-state index contributed by atoms with van der Waals surface area (Å²) < 4.78 is 11.2. The monoisotopic (exact) mass is 358 g/mol. The number of fused-ring (bicyclic) bond motifs is 1. The van der Waals surface area contributed by atoms with Crippen molar-refractivity contribution in [1.82, 2.24) is 10.2 Å². The average Bonchev–Trinajstić information content (AvgIpc) is 3.37. The van der Waals surface area contributed by atoms with Gasteiger partial charge in [-0.05, 0) is 56.8 Å². The third kappa shape index (κ3) is 3.29. The van der Waals surface area contributed by atoms with Crippen molar-refractivity contribution in [2.24, 2.45) is 5.92 Å². The highest BCUT2D eigenvalue weighted by atomic mass is 16.5. The molecule has 5 nitrogen and oxygen atoms in total. The molecule has 0 unspecified atom stereocenters. The van der Waals surface area contributed by atoms with E-state index >= 15 is 0 Å². The van der Waals surface area contributed by atoms with E-state index in [4.69, 9.17) is 9.47 Å². The van der Waals surface area contributed by atoms with Crippen LogP contribution in [0.2, 0.25) is 0 Å². The summed E-state index contributed by atoms with van der Waals surface area (Å²) in [5.41, 5.74) is 1.26. The Morgan fingerprint density at radius 3 is 2.77 bits per heavy atom. The first-order valence-electron chi connectivity index (χ1n) is 10.0. The second-order valence-corrected chi connectivity index (χ2v) is 8.00. The average molecular weight is 358 g/mol. The molecule has 4 rings (SSSR count). The second kappa shape index (κ2) is 7.47. The van der Waals surface area contributed by atoms with Crippen molar-refractivity contribution in [2.45, 2.75) is 50.5 Å². The molecule has 142 valence electrons. The third-order valence-electron chi connectivity index (χ3n) is 6.45. The summed E-state index contributed by atoms with van der Waals surface area (Å²) in [5.74, 6) is 1.55. The maximum Gasteiger partial charge on any atom is 0.226 e. The van der Waals surface area contributed by atoms with Gasteiger partial charge in [-0.3, -0.25) is 9.69 Å². The largest absolute Gasteiger partial charge is 0.493 e. The van der Waals surface area contributed by atoms with E-state index in [1.54, 1.807) is 7.11 Å². The Morgan fingerprint density at radius 2 is 2.04 bits per heavy atom. The van der Waals surface area contributed by atoms with E-state index in [1.807, 2.05) is 18.2 Å². The zero-order chi connectivity index (χ0) is 18.0. The number of amides is 1. The van der Waals surface area contributed by atoms with Crippen molar-refractivity contribution in [3.8, 4) is 11.5 Å². The summed E-state index contributed by atoms with van der Waals surface area (Å²) in [6, 6.07) is 5.89. The lowest BCUT2D eigenvalue weighted by molar-refractivity contribution is -0.127. The van der Waals surface area contributed by atoms with Crippen LogP contribution < -0.4 is 14.8 Å². The lowest BCUT2D eigenvalue weighted by atomic mass is 9.93. The molecule has 3 aliphatic rings. The minimum Gasteiger partial charge on any atom is -0.493 e. The number of methoxy groups -OCH3 is 1. The van der Waals surface area contributed by atoms with E-state index in [0.29, 0.717) is 6.61 Å². The third-order valence-corrected chi connectivity index (χ3v) is 6.45. The zero-order valence-corrected chi connectivity index (χ0v) is 15.8. The number of carbonyl (C=O) groups is 1. The van der Waals surface area contributed by atoms with Crippen LogP contribution in [0.3, 0.4) is 0 Å². The van der Waals surface area contributed by atoms with E-state index < -0.39 is 0 Å². The Morgan fingerprint density at radius 1 is 1.27 bits per heavy atom. The van der Waals surface area contributed by atoms with Crippen LogP contribution in [0.1, 0.15) is 44.1 Å². The van der Waals surface area contributed by atoms with Gasteiger partial charge in [0.15, 0.2) is 11.5 Å².